The summed E-state index contributed by atoms with van der Waals surface area (Å²) in [5.41, 5.74) is 0. The van der Waals surface area contributed by atoms with Gasteiger partial charge in [-0.3, -0.25) is 0 Å². The Morgan fingerprint density at radius 1 is 1.33 bits per heavy atom. The van der Waals surface area contributed by atoms with Crippen LogP contribution in [-0.4, -0.2) is 48.6 Å². The van der Waals surface area contributed by atoms with E-state index in [4.69, 9.17) is 0 Å². The van der Waals surface area contributed by atoms with Crippen molar-refractivity contribution in [3.05, 3.63) is 0 Å². The molecule has 1 fully saturated rings. The molecule has 0 aromatic heterocycles. The summed E-state index contributed by atoms with van der Waals surface area (Å²) in [6.07, 6.45) is 4.02. The first kappa shape index (κ1) is 13.3. The van der Waals surface area contributed by atoms with Crippen molar-refractivity contribution >= 4 is 11.8 Å². The number of thioether (sulfide) groups is 1. The zero-order valence-corrected chi connectivity index (χ0v) is 11.1. The van der Waals surface area contributed by atoms with Crippen LogP contribution in [0.5, 0.6) is 0 Å². The fourth-order valence-electron chi connectivity index (χ4n) is 1.96. The average molecular weight is 230 g/mol. The second-order valence-corrected chi connectivity index (χ2v) is 5.99. The first-order chi connectivity index (χ1) is 7.33. The van der Waals surface area contributed by atoms with Crippen LogP contribution < -0.4 is 5.32 Å². The maximum Gasteiger partial charge on any atom is 0.0147 e. The number of nitrogens with one attached hydrogen (secondary N) is 1. The molecule has 90 valence electrons. The number of hydrogen-bond donors (Lipinski definition) is 1. The van der Waals surface area contributed by atoms with E-state index in [9.17, 15) is 0 Å². The molecule has 1 saturated heterocycles. The third kappa shape index (κ3) is 6.44. The summed E-state index contributed by atoms with van der Waals surface area (Å²) in [5, 5.41) is 4.37. The van der Waals surface area contributed by atoms with Gasteiger partial charge in [0.2, 0.25) is 0 Å². The predicted octanol–water partition coefficient (Wildman–Crippen LogP) is 2.20. The fraction of sp³-hybridized carbons (Fsp3) is 1.00. The molecule has 1 rings (SSSR count). The van der Waals surface area contributed by atoms with Crippen molar-refractivity contribution in [1.82, 2.24) is 10.2 Å². The standard InChI is InChI=1S/C12H26N2S/c1-3-4-5-6-13-7-8-14-9-10-15-12(2)11-14/h12-13H,3-11H2,1-2H3. The Balaban J connectivity index is 1.90. The minimum atomic E-state index is 0.832. The van der Waals surface area contributed by atoms with Crippen LogP contribution >= 0.6 is 11.8 Å². The van der Waals surface area contributed by atoms with Crippen molar-refractivity contribution in [2.45, 2.75) is 38.4 Å². The number of nitrogens with zero attached hydrogens (tertiary/aromatic N) is 1. The second kappa shape index (κ2) is 8.43. The summed E-state index contributed by atoms with van der Waals surface area (Å²) in [6.45, 7) is 10.8. The third-order valence-electron chi connectivity index (χ3n) is 2.89. The first-order valence-corrected chi connectivity index (χ1v) is 7.42. The van der Waals surface area contributed by atoms with Crippen LogP contribution in [0.3, 0.4) is 0 Å². The maximum absolute atomic E-state index is 3.53. The zero-order valence-electron chi connectivity index (χ0n) is 10.3. The smallest absolute Gasteiger partial charge is 0.0147 e. The fourth-order valence-corrected chi connectivity index (χ4v) is 3.04. The Morgan fingerprint density at radius 3 is 2.93 bits per heavy atom. The lowest BCUT2D eigenvalue weighted by molar-refractivity contribution is 0.285. The van der Waals surface area contributed by atoms with E-state index in [1.165, 1.54) is 57.7 Å². The normalized spacial score (nSPS) is 23.2. The van der Waals surface area contributed by atoms with Crippen LogP contribution in [0.15, 0.2) is 0 Å². The summed E-state index contributed by atoms with van der Waals surface area (Å²) in [4.78, 5) is 2.59. The van der Waals surface area contributed by atoms with E-state index in [0.717, 1.165) is 5.25 Å². The number of rotatable bonds is 7. The molecule has 0 saturated carbocycles. The Morgan fingerprint density at radius 2 is 2.20 bits per heavy atom. The van der Waals surface area contributed by atoms with Gasteiger partial charge >= 0.3 is 0 Å². The molecule has 1 unspecified atom stereocenters. The van der Waals surface area contributed by atoms with Crippen molar-refractivity contribution in [3.8, 4) is 0 Å². The highest BCUT2D eigenvalue weighted by atomic mass is 32.2. The predicted molar refractivity (Wildman–Crippen MR) is 70.8 cm³/mol. The van der Waals surface area contributed by atoms with Gasteiger partial charge < -0.3 is 10.2 Å². The highest BCUT2D eigenvalue weighted by Crippen LogP contribution is 2.16. The molecule has 15 heavy (non-hydrogen) atoms. The molecule has 2 nitrogen and oxygen atoms in total. The molecule has 1 aliphatic rings. The zero-order chi connectivity index (χ0) is 10.9. The molecule has 0 aromatic rings. The lowest BCUT2D eigenvalue weighted by Crippen LogP contribution is -2.40. The lowest BCUT2D eigenvalue weighted by atomic mass is 10.2. The maximum atomic E-state index is 3.53. The molecule has 0 spiro atoms. The molecule has 1 N–H and O–H groups in total. The highest BCUT2D eigenvalue weighted by Gasteiger charge is 2.15. The van der Waals surface area contributed by atoms with Gasteiger partial charge in [-0.15, -0.1) is 0 Å². The summed E-state index contributed by atoms with van der Waals surface area (Å²) >= 11 is 2.11. The molecular weight excluding hydrogens is 204 g/mol. The van der Waals surface area contributed by atoms with Crippen molar-refractivity contribution < 1.29 is 0 Å². The Labute approximate surface area is 99.2 Å². The van der Waals surface area contributed by atoms with E-state index in [1.807, 2.05) is 0 Å². The minimum absolute atomic E-state index is 0.832. The molecule has 0 aliphatic carbocycles. The van der Waals surface area contributed by atoms with Gasteiger partial charge in [0.05, 0.1) is 0 Å². The lowest BCUT2D eigenvalue weighted by Gasteiger charge is -2.30. The van der Waals surface area contributed by atoms with Gasteiger partial charge in [-0.25, -0.2) is 0 Å². The van der Waals surface area contributed by atoms with Gasteiger partial charge in [-0.05, 0) is 13.0 Å². The molecule has 3 heteroatoms. The van der Waals surface area contributed by atoms with Gasteiger partial charge in [0, 0.05) is 37.2 Å². The van der Waals surface area contributed by atoms with Gasteiger partial charge in [-0.2, -0.15) is 11.8 Å². The molecule has 1 aliphatic heterocycles. The SMILES string of the molecule is CCCCCNCCN1CCSC(C)C1. The minimum Gasteiger partial charge on any atom is -0.315 e. The van der Waals surface area contributed by atoms with Crippen molar-refractivity contribution in [2.75, 3.05) is 38.5 Å². The van der Waals surface area contributed by atoms with Crippen LogP contribution in [0.1, 0.15) is 33.1 Å². The van der Waals surface area contributed by atoms with Gasteiger partial charge in [-0.1, -0.05) is 26.7 Å². The van der Waals surface area contributed by atoms with E-state index < -0.39 is 0 Å². The number of unbranched alkanes of at least 4 members (excludes halogenated alkanes) is 2. The number of hydrogen-bond acceptors (Lipinski definition) is 3. The summed E-state index contributed by atoms with van der Waals surface area (Å²) in [6, 6.07) is 0. The van der Waals surface area contributed by atoms with Gasteiger partial charge in [0.15, 0.2) is 0 Å². The Bertz CT molecular complexity index is 153. The molecular formula is C12H26N2S. The topological polar surface area (TPSA) is 15.3 Å². The molecule has 1 heterocycles. The van der Waals surface area contributed by atoms with Crippen molar-refractivity contribution in [1.29, 1.82) is 0 Å². The van der Waals surface area contributed by atoms with E-state index in [-0.39, 0.29) is 0 Å². The van der Waals surface area contributed by atoms with E-state index >= 15 is 0 Å². The van der Waals surface area contributed by atoms with E-state index in [0.29, 0.717) is 0 Å². The third-order valence-corrected chi connectivity index (χ3v) is 4.02. The van der Waals surface area contributed by atoms with Crippen LogP contribution in [0.4, 0.5) is 0 Å². The van der Waals surface area contributed by atoms with Gasteiger partial charge in [0.1, 0.15) is 0 Å². The molecule has 0 amide bonds. The summed E-state index contributed by atoms with van der Waals surface area (Å²) < 4.78 is 0. The Kier molecular flexibility index (Phi) is 7.49. The van der Waals surface area contributed by atoms with Crippen LogP contribution in [0, 0.1) is 0 Å². The van der Waals surface area contributed by atoms with Crippen LogP contribution in [-0.2, 0) is 0 Å². The van der Waals surface area contributed by atoms with Crippen LogP contribution in [0.2, 0.25) is 0 Å². The first-order valence-electron chi connectivity index (χ1n) is 6.37. The molecule has 0 radical (unpaired) electrons. The van der Waals surface area contributed by atoms with Crippen molar-refractivity contribution in [3.63, 3.8) is 0 Å². The monoisotopic (exact) mass is 230 g/mol. The van der Waals surface area contributed by atoms with E-state index in [2.05, 4.69) is 35.8 Å². The van der Waals surface area contributed by atoms with Gasteiger partial charge in [0.25, 0.3) is 0 Å². The molecule has 0 aromatic carbocycles. The largest absolute Gasteiger partial charge is 0.315 e. The van der Waals surface area contributed by atoms with Crippen LogP contribution in [0.25, 0.3) is 0 Å². The molecule has 0 bridgehead atoms. The van der Waals surface area contributed by atoms with Crippen molar-refractivity contribution in [2.24, 2.45) is 0 Å². The second-order valence-electron chi connectivity index (χ2n) is 4.44. The summed E-state index contributed by atoms with van der Waals surface area (Å²) in [7, 11) is 0. The molecule has 1 atom stereocenters. The van der Waals surface area contributed by atoms with E-state index in [1.54, 1.807) is 0 Å². The quantitative estimate of drug-likeness (QED) is 0.675. The highest BCUT2D eigenvalue weighted by molar-refractivity contribution is 7.99. The average Bonchev–Trinajstić information content (AvgIpc) is 2.23. The Hall–Kier alpha value is 0.270. The summed E-state index contributed by atoms with van der Waals surface area (Å²) in [5.74, 6) is 1.32.